The van der Waals surface area contributed by atoms with Gasteiger partial charge in [-0.15, -0.1) is 0 Å². The lowest BCUT2D eigenvalue weighted by molar-refractivity contribution is -0.138. The molecule has 2 aliphatic rings. The molecule has 2 N–H and O–H groups in total. The number of ketones is 1. The molecule has 0 saturated carbocycles. The number of nitrogens with one attached hydrogen (secondary N) is 2. The number of esters is 1. The van der Waals surface area contributed by atoms with Crippen molar-refractivity contribution >= 4 is 29.3 Å². The summed E-state index contributed by atoms with van der Waals surface area (Å²) in [5.74, 6) is -0.731. The molecule has 1 atom stereocenters. The summed E-state index contributed by atoms with van der Waals surface area (Å²) in [5.41, 5.74) is 2.22. The van der Waals surface area contributed by atoms with Gasteiger partial charge in [0.1, 0.15) is 6.61 Å². The van der Waals surface area contributed by atoms with Gasteiger partial charge in [0.15, 0.2) is 5.78 Å². The van der Waals surface area contributed by atoms with E-state index in [-0.39, 0.29) is 55.5 Å². The van der Waals surface area contributed by atoms with Crippen molar-refractivity contribution in [2.24, 2.45) is 0 Å². The molecule has 0 aliphatic carbocycles. The van der Waals surface area contributed by atoms with E-state index in [1.807, 2.05) is 0 Å². The van der Waals surface area contributed by atoms with Crippen molar-refractivity contribution in [2.45, 2.75) is 38.1 Å². The molecule has 7 heteroatoms. The number of aryl methyl sites for hydroxylation is 1. The van der Waals surface area contributed by atoms with Gasteiger partial charge in [0.05, 0.1) is 12.5 Å². The van der Waals surface area contributed by atoms with Crippen molar-refractivity contribution in [2.75, 3.05) is 11.9 Å². The zero-order chi connectivity index (χ0) is 17.1. The second-order valence-corrected chi connectivity index (χ2v) is 5.99. The third-order valence-corrected chi connectivity index (χ3v) is 4.13. The van der Waals surface area contributed by atoms with E-state index in [1.165, 1.54) is 0 Å². The van der Waals surface area contributed by atoms with Crippen LogP contribution in [-0.2, 0) is 25.5 Å². The Labute approximate surface area is 138 Å². The molecule has 7 nitrogen and oxygen atoms in total. The number of amides is 2. The van der Waals surface area contributed by atoms with Crippen molar-refractivity contribution in [1.82, 2.24) is 5.32 Å². The zero-order valence-electron chi connectivity index (χ0n) is 13.1. The first kappa shape index (κ1) is 16.2. The minimum absolute atomic E-state index is 0.0207. The van der Waals surface area contributed by atoms with Gasteiger partial charge < -0.3 is 15.4 Å². The van der Waals surface area contributed by atoms with E-state index in [4.69, 9.17) is 4.74 Å². The summed E-state index contributed by atoms with van der Waals surface area (Å²) in [6.45, 7) is 0.190. The van der Waals surface area contributed by atoms with Crippen molar-refractivity contribution in [3.05, 3.63) is 29.3 Å². The van der Waals surface area contributed by atoms with Crippen molar-refractivity contribution < 1.29 is 23.9 Å². The monoisotopic (exact) mass is 330 g/mol. The first-order valence-corrected chi connectivity index (χ1v) is 7.92. The lowest BCUT2D eigenvalue weighted by Gasteiger charge is -2.17. The first-order valence-electron chi connectivity index (χ1n) is 7.92. The fourth-order valence-electron chi connectivity index (χ4n) is 2.83. The molecule has 2 heterocycles. The van der Waals surface area contributed by atoms with Gasteiger partial charge in [0.25, 0.3) is 0 Å². The topological polar surface area (TPSA) is 102 Å². The van der Waals surface area contributed by atoms with Crippen LogP contribution in [0.1, 0.15) is 41.6 Å². The quantitative estimate of drug-likeness (QED) is 0.619. The summed E-state index contributed by atoms with van der Waals surface area (Å²) in [4.78, 5) is 46.4. The summed E-state index contributed by atoms with van der Waals surface area (Å²) in [6.07, 6.45) is 1.36. The molecule has 0 aromatic heterocycles. The highest BCUT2D eigenvalue weighted by atomic mass is 16.5. The molecular weight excluding hydrogens is 312 g/mol. The van der Waals surface area contributed by atoms with Gasteiger partial charge in [-0.25, -0.2) is 0 Å². The number of cyclic esters (lactones) is 1. The molecule has 126 valence electrons. The highest BCUT2D eigenvalue weighted by Crippen LogP contribution is 2.24. The Kier molecular flexibility index (Phi) is 4.59. The molecule has 0 spiro atoms. The van der Waals surface area contributed by atoms with E-state index in [2.05, 4.69) is 10.6 Å². The molecule has 1 saturated heterocycles. The predicted octanol–water partition coefficient (Wildman–Crippen LogP) is 0.966. The Morgan fingerprint density at radius 3 is 2.79 bits per heavy atom. The molecule has 0 unspecified atom stereocenters. The number of anilines is 1. The van der Waals surface area contributed by atoms with Crippen LogP contribution < -0.4 is 10.6 Å². The molecule has 0 radical (unpaired) electrons. The van der Waals surface area contributed by atoms with Crippen LogP contribution in [0.4, 0.5) is 5.69 Å². The third-order valence-electron chi connectivity index (χ3n) is 4.13. The first-order chi connectivity index (χ1) is 11.5. The van der Waals surface area contributed by atoms with E-state index in [9.17, 15) is 19.2 Å². The molecule has 0 bridgehead atoms. The molecule has 24 heavy (non-hydrogen) atoms. The summed E-state index contributed by atoms with van der Waals surface area (Å²) in [7, 11) is 0. The SMILES string of the molecule is O=C1CCc2cc(C(=O)CCC(=O)N[C@@H]3COC(=O)C3)ccc2N1. The van der Waals surface area contributed by atoms with Crippen LogP contribution in [0, 0.1) is 0 Å². The number of Topliss-reactive ketones (excluding diaryl/α,β-unsaturated/α-hetero) is 1. The Morgan fingerprint density at radius 2 is 2.04 bits per heavy atom. The van der Waals surface area contributed by atoms with Crippen molar-refractivity contribution in [3.8, 4) is 0 Å². The maximum absolute atomic E-state index is 12.2. The number of fused-ring (bicyclic) bond motifs is 1. The van der Waals surface area contributed by atoms with E-state index < -0.39 is 0 Å². The van der Waals surface area contributed by atoms with E-state index >= 15 is 0 Å². The molecule has 2 amide bonds. The summed E-state index contributed by atoms with van der Waals surface area (Å²) < 4.78 is 4.77. The van der Waals surface area contributed by atoms with Gasteiger partial charge in [0, 0.05) is 30.5 Å². The van der Waals surface area contributed by atoms with E-state index in [1.54, 1.807) is 18.2 Å². The number of hydrogen-bond donors (Lipinski definition) is 2. The van der Waals surface area contributed by atoms with Crippen LogP contribution in [0.2, 0.25) is 0 Å². The van der Waals surface area contributed by atoms with E-state index in [0.29, 0.717) is 18.4 Å². The molecule has 3 rings (SSSR count). The van der Waals surface area contributed by atoms with Gasteiger partial charge in [-0.3, -0.25) is 19.2 Å². The lowest BCUT2D eigenvalue weighted by Crippen LogP contribution is -2.35. The van der Waals surface area contributed by atoms with Gasteiger partial charge in [-0.05, 0) is 30.2 Å². The van der Waals surface area contributed by atoms with Crippen LogP contribution >= 0.6 is 0 Å². The zero-order valence-corrected chi connectivity index (χ0v) is 13.1. The molecule has 2 aliphatic heterocycles. The van der Waals surface area contributed by atoms with E-state index in [0.717, 1.165) is 11.3 Å². The average Bonchev–Trinajstić information content (AvgIpc) is 2.97. The molecular formula is C17H18N2O5. The normalized spacial score (nSPS) is 19.2. The maximum Gasteiger partial charge on any atom is 0.308 e. The summed E-state index contributed by atoms with van der Waals surface area (Å²) in [5, 5.41) is 5.45. The average molecular weight is 330 g/mol. The number of ether oxygens (including phenoxy) is 1. The lowest BCUT2D eigenvalue weighted by atomic mass is 9.97. The smallest absolute Gasteiger partial charge is 0.308 e. The third kappa shape index (κ3) is 3.79. The Morgan fingerprint density at radius 1 is 1.21 bits per heavy atom. The fraction of sp³-hybridized carbons (Fsp3) is 0.412. The second-order valence-electron chi connectivity index (χ2n) is 5.99. The number of carbonyl (C=O) groups excluding carboxylic acids is 4. The Balaban J connectivity index is 1.52. The molecule has 1 fully saturated rings. The summed E-state index contributed by atoms with van der Waals surface area (Å²) in [6, 6.07) is 4.86. The predicted molar refractivity (Wildman–Crippen MR) is 84.5 cm³/mol. The maximum atomic E-state index is 12.2. The molecule has 1 aromatic rings. The van der Waals surface area contributed by atoms with Gasteiger partial charge in [0.2, 0.25) is 11.8 Å². The van der Waals surface area contributed by atoms with Gasteiger partial charge in [-0.1, -0.05) is 0 Å². The highest BCUT2D eigenvalue weighted by Gasteiger charge is 2.25. The highest BCUT2D eigenvalue weighted by molar-refractivity contribution is 6.00. The van der Waals surface area contributed by atoms with Crippen LogP contribution in [0.25, 0.3) is 0 Å². The van der Waals surface area contributed by atoms with Crippen molar-refractivity contribution in [1.29, 1.82) is 0 Å². The largest absolute Gasteiger partial charge is 0.463 e. The number of hydrogen-bond acceptors (Lipinski definition) is 5. The number of carbonyl (C=O) groups is 4. The second kappa shape index (κ2) is 6.82. The number of benzene rings is 1. The van der Waals surface area contributed by atoms with Crippen molar-refractivity contribution in [3.63, 3.8) is 0 Å². The minimum Gasteiger partial charge on any atom is -0.463 e. The van der Waals surface area contributed by atoms with Crippen LogP contribution in [0.15, 0.2) is 18.2 Å². The van der Waals surface area contributed by atoms with Crippen LogP contribution in [0.3, 0.4) is 0 Å². The standard InChI is InChI=1S/C17H18N2O5/c20-14(4-6-15(21)18-12-8-17(23)24-9-12)11-1-3-13-10(7-11)2-5-16(22)19-13/h1,3,7,12H,2,4-6,8-9H2,(H,18,21)(H,19,22)/t12-/m0/s1. The van der Waals surface area contributed by atoms with Gasteiger partial charge >= 0.3 is 5.97 Å². The Bertz CT molecular complexity index is 713. The van der Waals surface area contributed by atoms with Gasteiger partial charge in [-0.2, -0.15) is 0 Å². The van der Waals surface area contributed by atoms with Crippen LogP contribution in [0.5, 0.6) is 0 Å². The molecule has 1 aromatic carbocycles. The van der Waals surface area contributed by atoms with Crippen LogP contribution in [-0.4, -0.2) is 36.2 Å². The number of rotatable bonds is 5. The summed E-state index contributed by atoms with van der Waals surface area (Å²) >= 11 is 0. The minimum atomic E-state index is -0.322. The Hall–Kier alpha value is -2.70. The fourth-order valence-corrected chi connectivity index (χ4v) is 2.83.